The average Bonchev–Trinajstić information content (AvgIpc) is 3.15. The van der Waals surface area contributed by atoms with Gasteiger partial charge in [0.1, 0.15) is 0 Å². The predicted octanol–water partition coefficient (Wildman–Crippen LogP) is 2.74. The van der Waals surface area contributed by atoms with Crippen LogP contribution < -0.4 is 18.9 Å². The molecule has 108 valence electrons. The van der Waals surface area contributed by atoms with Gasteiger partial charge in [-0.2, -0.15) is 0 Å². The standard InChI is InChI=1S/C7H5NO4.C7H6O2/c9-8(10)5-1-2-6-7(3-5)12-4-11-6;1-2-4-7-6(3-1)8-5-9-7/h1-3H,4H2;1-4H,5H2. The molecule has 0 fully saturated rings. The number of nitrogens with zero attached hydrogens (tertiary/aromatic N) is 1. The molecular weight excluding hydrogens is 278 g/mol. The Bertz CT molecular complexity index is 649. The molecule has 0 saturated heterocycles. The molecule has 21 heavy (non-hydrogen) atoms. The maximum atomic E-state index is 10.3. The molecule has 0 radical (unpaired) electrons. The van der Waals surface area contributed by atoms with Gasteiger partial charge in [-0.25, -0.2) is 0 Å². The third kappa shape index (κ3) is 2.81. The highest BCUT2D eigenvalue weighted by Gasteiger charge is 2.17. The van der Waals surface area contributed by atoms with Gasteiger partial charge in [0.25, 0.3) is 5.69 Å². The summed E-state index contributed by atoms with van der Waals surface area (Å²) in [5, 5.41) is 10.3. The van der Waals surface area contributed by atoms with E-state index in [1.54, 1.807) is 0 Å². The molecule has 0 aliphatic carbocycles. The molecule has 2 heterocycles. The van der Waals surface area contributed by atoms with Gasteiger partial charge in [0.15, 0.2) is 23.0 Å². The largest absolute Gasteiger partial charge is 0.454 e. The topological polar surface area (TPSA) is 80.1 Å². The van der Waals surface area contributed by atoms with Crippen LogP contribution in [-0.2, 0) is 0 Å². The number of benzene rings is 2. The number of ether oxygens (including phenoxy) is 4. The monoisotopic (exact) mass is 289 g/mol. The number of rotatable bonds is 1. The Hall–Kier alpha value is -2.96. The van der Waals surface area contributed by atoms with E-state index in [-0.39, 0.29) is 12.5 Å². The normalized spacial score (nSPS) is 13.3. The fraction of sp³-hybridized carbons (Fsp3) is 0.143. The highest BCUT2D eigenvalue weighted by molar-refractivity contribution is 5.49. The second kappa shape index (κ2) is 5.58. The first-order valence-corrected chi connectivity index (χ1v) is 6.13. The zero-order valence-corrected chi connectivity index (χ0v) is 10.9. The van der Waals surface area contributed by atoms with E-state index >= 15 is 0 Å². The highest BCUT2D eigenvalue weighted by Crippen LogP contribution is 2.34. The van der Waals surface area contributed by atoms with Crippen LogP contribution in [0.5, 0.6) is 23.0 Å². The van der Waals surface area contributed by atoms with Crippen LogP contribution in [-0.4, -0.2) is 18.5 Å². The van der Waals surface area contributed by atoms with E-state index < -0.39 is 4.92 Å². The van der Waals surface area contributed by atoms with Crippen LogP contribution in [0.1, 0.15) is 0 Å². The van der Waals surface area contributed by atoms with Crippen molar-refractivity contribution in [1.82, 2.24) is 0 Å². The second-order valence-corrected chi connectivity index (χ2v) is 4.15. The molecule has 2 aromatic carbocycles. The first-order chi connectivity index (χ1) is 10.2. The van der Waals surface area contributed by atoms with Crippen molar-refractivity contribution in [3.05, 3.63) is 52.6 Å². The van der Waals surface area contributed by atoms with Crippen LogP contribution in [0.3, 0.4) is 0 Å². The number of non-ortho nitro benzene ring substituents is 1. The van der Waals surface area contributed by atoms with E-state index in [1.807, 2.05) is 24.3 Å². The molecule has 0 aromatic heterocycles. The van der Waals surface area contributed by atoms with Crippen LogP contribution >= 0.6 is 0 Å². The lowest BCUT2D eigenvalue weighted by Gasteiger charge is -1.93. The molecule has 0 spiro atoms. The van der Waals surface area contributed by atoms with Gasteiger partial charge in [0.2, 0.25) is 13.6 Å². The van der Waals surface area contributed by atoms with Crippen LogP contribution in [0, 0.1) is 10.1 Å². The van der Waals surface area contributed by atoms with Gasteiger partial charge in [-0.15, -0.1) is 0 Å². The fourth-order valence-corrected chi connectivity index (χ4v) is 1.84. The summed E-state index contributed by atoms with van der Waals surface area (Å²) in [5.41, 5.74) is 0.0132. The van der Waals surface area contributed by atoms with Crippen molar-refractivity contribution >= 4 is 5.69 Å². The number of hydrogen-bond donors (Lipinski definition) is 0. The van der Waals surface area contributed by atoms with Crippen LogP contribution in [0.4, 0.5) is 5.69 Å². The Morgan fingerprint density at radius 1 is 0.810 bits per heavy atom. The highest BCUT2D eigenvalue weighted by atomic mass is 16.7. The first-order valence-electron chi connectivity index (χ1n) is 6.13. The van der Waals surface area contributed by atoms with Crippen molar-refractivity contribution in [2.75, 3.05) is 13.6 Å². The third-order valence-corrected chi connectivity index (χ3v) is 2.84. The zero-order chi connectivity index (χ0) is 14.7. The fourth-order valence-electron chi connectivity index (χ4n) is 1.84. The van der Waals surface area contributed by atoms with Crippen LogP contribution in [0.25, 0.3) is 0 Å². The van der Waals surface area contributed by atoms with Crippen molar-refractivity contribution < 1.29 is 23.9 Å². The van der Waals surface area contributed by atoms with E-state index in [0.29, 0.717) is 18.3 Å². The van der Waals surface area contributed by atoms with Crippen molar-refractivity contribution in [1.29, 1.82) is 0 Å². The molecule has 2 aliphatic rings. The minimum Gasteiger partial charge on any atom is -0.454 e. The van der Waals surface area contributed by atoms with Crippen LogP contribution in [0.2, 0.25) is 0 Å². The van der Waals surface area contributed by atoms with Gasteiger partial charge in [-0.3, -0.25) is 10.1 Å². The van der Waals surface area contributed by atoms with E-state index in [4.69, 9.17) is 18.9 Å². The number of nitro benzene ring substituents is 1. The van der Waals surface area contributed by atoms with Gasteiger partial charge >= 0.3 is 0 Å². The van der Waals surface area contributed by atoms with Gasteiger partial charge in [0.05, 0.1) is 11.0 Å². The van der Waals surface area contributed by atoms with E-state index in [0.717, 1.165) is 11.5 Å². The molecule has 0 N–H and O–H groups in total. The van der Waals surface area contributed by atoms with E-state index in [9.17, 15) is 10.1 Å². The Morgan fingerprint density at radius 3 is 1.90 bits per heavy atom. The Labute approximate surface area is 119 Å². The second-order valence-electron chi connectivity index (χ2n) is 4.15. The molecule has 0 atom stereocenters. The summed E-state index contributed by atoms with van der Waals surface area (Å²) in [6, 6.07) is 11.9. The smallest absolute Gasteiger partial charge is 0.273 e. The van der Waals surface area contributed by atoms with Crippen LogP contribution in [0.15, 0.2) is 42.5 Å². The maximum absolute atomic E-state index is 10.3. The quantitative estimate of drug-likeness (QED) is 0.593. The molecular formula is C14H11NO6. The number of fused-ring (bicyclic) bond motifs is 2. The summed E-state index contributed by atoms with van der Waals surface area (Å²) < 4.78 is 20.1. The van der Waals surface area contributed by atoms with Gasteiger partial charge in [0, 0.05) is 6.07 Å². The number of hydrogen-bond acceptors (Lipinski definition) is 6. The molecule has 4 rings (SSSR count). The molecule has 2 aromatic rings. The lowest BCUT2D eigenvalue weighted by Crippen LogP contribution is -1.93. The summed E-state index contributed by atoms with van der Waals surface area (Å²) in [6.45, 7) is 0.496. The Balaban J connectivity index is 0.000000131. The van der Waals surface area contributed by atoms with E-state index in [2.05, 4.69) is 0 Å². The molecule has 0 bridgehead atoms. The van der Waals surface area contributed by atoms with Gasteiger partial charge in [-0.1, -0.05) is 12.1 Å². The maximum Gasteiger partial charge on any atom is 0.273 e. The summed E-state index contributed by atoms with van der Waals surface area (Å²) in [5.74, 6) is 2.68. The summed E-state index contributed by atoms with van der Waals surface area (Å²) >= 11 is 0. The third-order valence-electron chi connectivity index (χ3n) is 2.84. The van der Waals surface area contributed by atoms with Crippen molar-refractivity contribution in [2.45, 2.75) is 0 Å². The van der Waals surface area contributed by atoms with Crippen molar-refractivity contribution in [2.24, 2.45) is 0 Å². The van der Waals surface area contributed by atoms with Crippen molar-refractivity contribution in [3.8, 4) is 23.0 Å². The molecule has 0 amide bonds. The minimum atomic E-state index is -0.470. The molecule has 0 saturated carbocycles. The summed E-state index contributed by atoms with van der Waals surface area (Å²) in [6.07, 6.45) is 0. The van der Waals surface area contributed by atoms with Gasteiger partial charge < -0.3 is 18.9 Å². The summed E-state index contributed by atoms with van der Waals surface area (Å²) in [4.78, 5) is 9.84. The lowest BCUT2D eigenvalue weighted by molar-refractivity contribution is -0.384. The Morgan fingerprint density at radius 2 is 1.33 bits per heavy atom. The average molecular weight is 289 g/mol. The molecule has 7 heteroatoms. The van der Waals surface area contributed by atoms with E-state index in [1.165, 1.54) is 18.2 Å². The molecule has 2 aliphatic heterocycles. The minimum absolute atomic E-state index is 0.0132. The SMILES string of the molecule is O=[N+]([O-])c1ccc2c(c1)OCO2.c1ccc2c(c1)OCO2. The zero-order valence-electron chi connectivity index (χ0n) is 10.9. The number of nitro groups is 1. The Kier molecular flexibility index (Phi) is 3.46. The van der Waals surface area contributed by atoms with Gasteiger partial charge in [-0.05, 0) is 18.2 Å². The lowest BCUT2D eigenvalue weighted by atomic mass is 10.3. The van der Waals surface area contributed by atoms with Crippen molar-refractivity contribution in [3.63, 3.8) is 0 Å². The number of para-hydroxylation sites is 2. The first kappa shape index (κ1) is 13.0. The predicted molar refractivity (Wildman–Crippen MR) is 71.8 cm³/mol. The summed E-state index contributed by atoms with van der Waals surface area (Å²) in [7, 11) is 0. The molecule has 0 unspecified atom stereocenters. The molecule has 7 nitrogen and oxygen atoms in total.